The van der Waals surface area contributed by atoms with Crippen molar-refractivity contribution in [3.05, 3.63) is 83.9 Å². The smallest absolute Gasteiger partial charge is 0.233 e. The van der Waals surface area contributed by atoms with Gasteiger partial charge in [-0.2, -0.15) is 0 Å². The third-order valence-electron chi connectivity index (χ3n) is 5.08. The number of carbonyl (C=O) groups is 1. The Kier molecular flexibility index (Phi) is 6.76. The average molecular weight is 481 g/mol. The molecule has 4 aromatic rings. The number of aromatic nitrogens is 1. The van der Waals surface area contributed by atoms with E-state index in [1.54, 1.807) is 17.0 Å². The van der Waals surface area contributed by atoms with E-state index in [9.17, 15) is 13.2 Å². The number of anilines is 1. The molecule has 0 fully saturated rings. The minimum atomic E-state index is -3.28. The lowest BCUT2D eigenvalue weighted by Gasteiger charge is -2.20. The summed E-state index contributed by atoms with van der Waals surface area (Å²) in [7, 11) is -3.28. The number of carbonyl (C=O) groups excluding carboxylic acids is 1. The Morgan fingerprint density at radius 1 is 1.00 bits per heavy atom. The fourth-order valence-corrected chi connectivity index (χ4v) is 5.06. The molecule has 0 bridgehead atoms. The summed E-state index contributed by atoms with van der Waals surface area (Å²) in [6.07, 6.45) is 1.30. The maximum absolute atomic E-state index is 13.4. The summed E-state index contributed by atoms with van der Waals surface area (Å²) in [6, 6.07) is 21.9. The van der Waals surface area contributed by atoms with E-state index >= 15 is 0 Å². The number of ether oxygens (including phenoxy) is 1. The van der Waals surface area contributed by atoms with Crippen LogP contribution in [-0.2, 0) is 27.6 Å². The molecule has 0 N–H and O–H groups in total. The van der Waals surface area contributed by atoms with E-state index in [2.05, 4.69) is 0 Å². The fraction of sp³-hybridized carbons (Fsp3) is 0.200. The molecule has 0 saturated carbocycles. The molecule has 33 heavy (non-hydrogen) atoms. The minimum Gasteiger partial charge on any atom is -0.494 e. The quantitative estimate of drug-likeness (QED) is 0.359. The van der Waals surface area contributed by atoms with E-state index in [-0.39, 0.29) is 17.2 Å². The van der Waals surface area contributed by atoms with E-state index in [0.717, 1.165) is 27.1 Å². The fourth-order valence-electron chi connectivity index (χ4n) is 3.42. The molecule has 0 aliphatic rings. The first-order valence-corrected chi connectivity index (χ1v) is 13.2. The zero-order valence-electron chi connectivity index (χ0n) is 18.4. The van der Waals surface area contributed by atoms with Crippen LogP contribution in [0.4, 0.5) is 5.13 Å². The number of benzene rings is 3. The molecule has 0 aliphatic carbocycles. The number of amides is 1. The molecule has 0 spiro atoms. The number of rotatable bonds is 8. The van der Waals surface area contributed by atoms with Gasteiger partial charge in [0.25, 0.3) is 0 Å². The van der Waals surface area contributed by atoms with Gasteiger partial charge in [-0.3, -0.25) is 9.69 Å². The molecule has 1 amide bonds. The van der Waals surface area contributed by atoms with Gasteiger partial charge < -0.3 is 4.74 Å². The van der Waals surface area contributed by atoms with E-state index in [0.29, 0.717) is 18.3 Å². The van der Waals surface area contributed by atoms with Crippen molar-refractivity contribution in [2.75, 3.05) is 17.8 Å². The Labute approximate surface area is 197 Å². The lowest BCUT2D eigenvalue weighted by Crippen LogP contribution is -2.31. The van der Waals surface area contributed by atoms with Crippen LogP contribution in [0.25, 0.3) is 10.2 Å². The molecular formula is C25H24N2O4S2. The highest BCUT2D eigenvalue weighted by molar-refractivity contribution is 7.90. The third kappa shape index (κ3) is 5.58. The second-order valence-electron chi connectivity index (χ2n) is 7.62. The van der Waals surface area contributed by atoms with Crippen LogP contribution in [0.3, 0.4) is 0 Å². The molecule has 4 rings (SSSR count). The van der Waals surface area contributed by atoms with Crippen molar-refractivity contribution in [2.45, 2.75) is 24.8 Å². The average Bonchev–Trinajstić information content (AvgIpc) is 3.21. The van der Waals surface area contributed by atoms with Crippen LogP contribution < -0.4 is 9.64 Å². The second kappa shape index (κ2) is 9.72. The zero-order valence-corrected chi connectivity index (χ0v) is 20.0. The number of hydrogen-bond acceptors (Lipinski definition) is 6. The van der Waals surface area contributed by atoms with Crippen LogP contribution >= 0.6 is 11.3 Å². The summed E-state index contributed by atoms with van der Waals surface area (Å²) in [4.78, 5) is 20.0. The van der Waals surface area contributed by atoms with Crippen molar-refractivity contribution in [2.24, 2.45) is 0 Å². The monoisotopic (exact) mass is 480 g/mol. The Morgan fingerprint density at radius 2 is 1.73 bits per heavy atom. The van der Waals surface area contributed by atoms with E-state index < -0.39 is 9.84 Å². The molecule has 0 saturated heterocycles. The van der Waals surface area contributed by atoms with E-state index in [1.165, 1.54) is 29.7 Å². The molecule has 3 aromatic carbocycles. The Balaban J connectivity index is 1.64. The van der Waals surface area contributed by atoms with E-state index in [4.69, 9.17) is 9.72 Å². The first-order valence-electron chi connectivity index (χ1n) is 10.5. The molecule has 170 valence electrons. The summed E-state index contributed by atoms with van der Waals surface area (Å²) in [5.74, 6) is 0.655. The standard InChI is InChI=1S/C25H24N2O4S2/c1-3-31-20-11-14-22-23(16-20)32-25(26-22)27(17-19-7-5-4-6-8-19)24(28)15-18-9-12-21(13-10-18)33(2,29)30/h4-14,16H,3,15,17H2,1-2H3. The van der Waals surface area contributed by atoms with Crippen molar-refractivity contribution in [1.82, 2.24) is 4.98 Å². The predicted molar refractivity (Wildman–Crippen MR) is 132 cm³/mol. The van der Waals surface area contributed by atoms with Gasteiger partial charge in [-0.25, -0.2) is 13.4 Å². The zero-order chi connectivity index (χ0) is 23.4. The highest BCUT2D eigenvalue weighted by Crippen LogP contribution is 2.32. The van der Waals surface area contributed by atoms with Gasteiger partial charge in [0.05, 0.1) is 34.7 Å². The van der Waals surface area contributed by atoms with Gasteiger partial charge >= 0.3 is 0 Å². The summed E-state index contributed by atoms with van der Waals surface area (Å²) in [5, 5.41) is 0.611. The SMILES string of the molecule is CCOc1ccc2nc(N(Cc3ccccc3)C(=O)Cc3ccc(S(C)(=O)=O)cc3)sc2c1. The largest absolute Gasteiger partial charge is 0.494 e. The van der Waals surface area contributed by atoms with Gasteiger partial charge in [0, 0.05) is 6.26 Å². The van der Waals surface area contributed by atoms with Gasteiger partial charge in [-0.05, 0) is 48.4 Å². The maximum atomic E-state index is 13.4. The molecule has 0 atom stereocenters. The van der Waals surface area contributed by atoms with Crippen molar-refractivity contribution in [3.63, 3.8) is 0 Å². The normalized spacial score (nSPS) is 11.5. The summed E-state index contributed by atoms with van der Waals surface area (Å²) in [6.45, 7) is 2.90. The molecule has 1 aromatic heterocycles. The molecule has 0 radical (unpaired) electrons. The third-order valence-corrected chi connectivity index (χ3v) is 7.25. The summed E-state index contributed by atoms with van der Waals surface area (Å²) in [5.41, 5.74) is 2.54. The number of thiazole rings is 1. The summed E-state index contributed by atoms with van der Waals surface area (Å²) < 4.78 is 30.0. The van der Waals surface area contributed by atoms with Gasteiger partial charge in [-0.1, -0.05) is 53.8 Å². The number of hydrogen-bond donors (Lipinski definition) is 0. The molecule has 1 heterocycles. The first-order chi connectivity index (χ1) is 15.8. The molecular weight excluding hydrogens is 456 g/mol. The Morgan fingerprint density at radius 3 is 2.39 bits per heavy atom. The second-order valence-corrected chi connectivity index (χ2v) is 10.6. The number of sulfone groups is 1. The molecule has 6 nitrogen and oxygen atoms in total. The van der Waals surface area contributed by atoms with Crippen LogP contribution in [0.2, 0.25) is 0 Å². The van der Waals surface area contributed by atoms with Crippen LogP contribution in [0.15, 0.2) is 77.7 Å². The number of nitrogens with zero attached hydrogens (tertiary/aromatic N) is 2. The van der Waals surface area contributed by atoms with Crippen LogP contribution in [0, 0.1) is 0 Å². The molecule has 0 aliphatic heterocycles. The topological polar surface area (TPSA) is 76.6 Å². The van der Waals surface area contributed by atoms with Crippen LogP contribution in [0.1, 0.15) is 18.1 Å². The van der Waals surface area contributed by atoms with Gasteiger partial charge in [0.1, 0.15) is 5.75 Å². The van der Waals surface area contributed by atoms with E-state index in [1.807, 2.05) is 55.5 Å². The Hall–Kier alpha value is -3.23. The van der Waals surface area contributed by atoms with Gasteiger partial charge in [0.15, 0.2) is 15.0 Å². The maximum Gasteiger partial charge on any atom is 0.233 e. The lowest BCUT2D eigenvalue weighted by molar-refractivity contribution is -0.118. The highest BCUT2D eigenvalue weighted by atomic mass is 32.2. The first kappa shape index (κ1) is 22.9. The minimum absolute atomic E-state index is 0.116. The molecule has 0 unspecified atom stereocenters. The van der Waals surface area contributed by atoms with Crippen molar-refractivity contribution >= 4 is 42.4 Å². The Bertz CT molecular complexity index is 1360. The highest BCUT2D eigenvalue weighted by Gasteiger charge is 2.21. The van der Waals surface area contributed by atoms with Crippen LogP contribution in [-0.4, -0.2) is 32.2 Å². The van der Waals surface area contributed by atoms with Crippen LogP contribution in [0.5, 0.6) is 5.75 Å². The lowest BCUT2D eigenvalue weighted by atomic mass is 10.1. The van der Waals surface area contributed by atoms with Crippen molar-refractivity contribution in [1.29, 1.82) is 0 Å². The number of fused-ring (bicyclic) bond motifs is 1. The molecule has 8 heteroatoms. The van der Waals surface area contributed by atoms with Gasteiger partial charge in [0.2, 0.25) is 5.91 Å². The van der Waals surface area contributed by atoms with Crippen molar-refractivity contribution in [3.8, 4) is 5.75 Å². The summed E-state index contributed by atoms with van der Waals surface area (Å²) >= 11 is 1.44. The predicted octanol–water partition coefficient (Wildman–Crippen LogP) is 4.87. The van der Waals surface area contributed by atoms with Gasteiger partial charge in [-0.15, -0.1) is 0 Å². The van der Waals surface area contributed by atoms with Crippen molar-refractivity contribution < 1.29 is 17.9 Å².